The molecule has 1 saturated heterocycles. The number of benzene rings is 3. The Hall–Kier alpha value is -2.95. The summed E-state index contributed by atoms with van der Waals surface area (Å²) < 4.78 is 6.05. The molecular weight excluding hydrogens is 444 g/mol. The number of carbonyl (C=O) groups excluding carboxylic acids is 1. The molecule has 4 rings (SSSR count). The van der Waals surface area contributed by atoms with Gasteiger partial charge in [-0.05, 0) is 51.3 Å². The van der Waals surface area contributed by atoms with E-state index in [9.17, 15) is 4.79 Å². The average Bonchev–Trinajstić information content (AvgIpc) is 3.19. The third-order valence-electron chi connectivity index (χ3n) is 7.22. The molecule has 0 aliphatic carbocycles. The van der Waals surface area contributed by atoms with Crippen LogP contribution >= 0.6 is 0 Å². The van der Waals surface area contributed by atoms with E-state index < -0.39 is 11.0 Å². The topological polar surface area (TPSA) is 32.8 Å². The second kappa shape index (κ2) is 11.0. The molecule has 1 aliphatic rings. The van der Waals surface area contributed by atoms with Gasteiger partial charge in [0.2, 0.25) is 0 Å². The molecule has 3 aromatic carbocycles. The molecule has 3 atom stereocenters. The van der Waals surface area contributed by atoms with Gasteiger partial charge in [-0.15, -0.1) is 0 Å². The number of likely N-dealkylation sites (tertiary alicyclic amines) is 1. The van der Waals surface area contributed by atoms with Crippen LogP contribution < -0.4 is 0 Å². The van der Waals surface area contributed by atoms with Crippen molar-refractivity contribution in [2.24, 2.45) is 5.41 Å². The molecule has 36 heavy (non-hydrogen) atoms. The maximum absolute atomic E-state index is 13.8. The van der Waals surface area contributed by atoms with Crippen molar-refractivity contribution in [2.75, 3.05) is 13.1 Å². The highest BCUT2D eigenvalue weighted by atomic mass is 16.6. The first-order valence-electron chi connectivity index (χ1n) is 13.0. The van der Waals surface area contributed by atoms with Crippen LogP contribution in [-0.4, -0.2) is 40.5 Å². The van der Waals surface area contributed by atoms with Crippen molar-refractivity contribution in [3.8, 4) is 0 Å². The normalized spacial score (nSPS) is 21.4. The Bertz CT molecular complexity index is 1110. The van der Waals surface area contributed by atoms with Gasteiger partial charge in [0.25, 0.3) is 0 Å². The Morgan fingerprint density at radius 2 is 1.47 bits per heavy atom. The molecule has 4 nitrogen and oxygen atoms in total. The minimum Gasteiger partial charge on any atom is -0.459 e. The monoisotopic (exact) mass is 484 g/mol. The van der Waals surface area contributed by atoms with Crippen molar-refractivity contribution < 1.29 is 9.53 Å². The lowest BCUT2D eigenvalue weighted by Crippen LogP contribution is -2.52. The zero-order chi connectivity index (χ0) is 25.8. The molecular formula is C32H40N2O2. The first-order chi connectivity index (χ1) is 17.2. The number of nitrogens with zero attached hydrogens (tertiary/aromatic N) is 2. The summed E-state index contributed by atoms with van der Waals surface area (Å²) >= 11 is 0. The van der Waals surface area contributed by atoms with E-state index >= 15 is 0 Å². The highest BCUT2D eigenvalue weighted by Gasteiger charge is 2.53. The van der Waals surface area contributed by atoms with E-state index in [-0.39, 0.29) is 18.1 Å². The molecule has 0 radical (unpaired) electrons. The third kappa shape index (κ3) is 6.24. The first-order valence-corrected chi connectivity index (χ1v) is 13.0. The zero-order valence-corrected chi connectivity index (χ0v) is 22.4. The maximum atomic E-state index is 13.8. The van der Waals surface area contributed by atoms with Gasteiger partial charge in [-0.2, -0.15) is 0 Å². The van der Waals surface area contributed by atoms with Crippen molar-refractivity contribution in [3.63, 3.8) is 0 Å². The van der Waals surface area contributed by atoms with Crippen LogP contribution in [0.2, 0.25) is 0 Å². The second-order valence-corrected chi connectivity index (χ2v) is 11.3. The van der Waals surface area contributed by atoms with Crippen LogP contribution in [0.1, 0.15) is 57.4 Å². The molecule has 1 fully saturated rings. The van der Waals surface area contributed by atoms with Crippen molar-refractivity contribution in [2.45, 2.75) is 65.4 Å². The molecule has 0 amide bonds. The summed E-state index contributed by atoms with van der Waals surface area (Å²) in [7, 11) is 0. The average molecular weight is 485 g/mol. The van der Waals surface area contributed by atoms with Gasteiger partial charge in [0.15, 0.2) is 0 Å². The number of hydrogen-bond donors (Lipinski definition) is 0. The van der Waals surface area contributed by atoms with Gasteiger partial charge in [-0.1, -0.05) is 91.0 Å². The van der Waals surface area contributed by atoms with Gasteiger partial charge >= 0.3 is 5.97 Å². The molecule has 0 spiro atoms. The van der Waals surface area contributed by atoms with Gasteiger partial charge in [0.05, 0.1) is 5.41 Å². The smallest absolute Gasteiger partial charge is 0.315 e. The zero-order valence-electron chi connectivity index (χ0n) is 22.4. The Labute approximate surface area is 216 Å². The fraction of sp³-hybridized carbons (Fsp3) is 0.406. The van der Waals surface area contributed by atoms with Crippen LogP contribution in [0, 0.1) is 5.41 Å². The molecule has 0 aromatic heterocycles. The Kier molecular flexibility index (Phi) is 7.97. The SMILES string of the molecule is C[C@@H](c1ccccc1)N(Cc1ccccc1)C1CN(Cc2ccccc2)C[C@@]1(C)C(=O)OC(C)(C)C. The van der Waals surface area contributed by atoms with Crippen molar-refractivity contribution in [1.82, 2.24) is 9.80 Å². The van der Waals surface area contributed by atoms with Crippen LogP contribution in [0.4, 0.5) is 0 Å². The fourth-order valence-corrected chi connectivity index (χ4v) is 5.34. The van der Waals surface area contributed by atoms with E-state index in [1.165, 1.54) is 16.7 Å². The second-order valence-electron chi connectivity index (χ2n) is 11.3. The molecule has 190 valence electrons. The number of rotatable bonds is 8. The summed E-state index contributed by atoms with van der Waals surface area (Å²) in [4.78, 5) is 18.8. The molecule has 3 aromatic rings. The fourth-order valence-electron chi connectivity index (χ4n) is 5.34. The molecule has 0 saturated carbocycles. The summed E-state index contributed by atoms with van der Waals surface area (Å²) in [6, 6.07) is 31.8. The quantitative estimate of drug-likeness (QED) is 0.343. The van der Waals surface area contributed by atoms with E-state index in [1.807, 2.05) is 26.8 Å². The number of hydrogen-bond acceptors (Lipinski definition) is 4. The molecule has 1 heterocycles. The van der Waals surface area contributed by atoms with Crippen LogP contribution in [0.15, 0.2) is 91.0 Å². The van der Waals surface area contributed by atoms with E-state index in [2.05, 4.69) is 109 Å². The van der Waals surface area contributed by atoms with Crippen molar-refractivity contribution in [3.05, 3.63) is 108 Å². The van der Waals surface area contributed by atoms with E-state index in [1.54, 1.807) is 0 Å². The molecule has 4 heteroatoms. The lowest BCUT2D eigenvalue weighted by atomic mass is 9.82. The Morgan fingerprint density at radius 1 is 0.944 bits per heavy atom. The molecule has 1 aliphatic heterocycles. The minimum atomic E-state index is -0.667. The summed E-state index contributed by atoms with van der Waals surface area (Å²) in [5.74, 6) is -0.117. The standard InChI is InChI=1S/C32H40N2O2/c1-25(28-19-13-8-14-20-28)34(22-27-17-11-7-12-18-27)29-23-33(21-26-15-9-6-10-16-26)24-32(29,5)30(35)36-31(2,3)4/h6-20,25,29H,21-24H2,1-5H3/t25-,29?,32+/m0/s1. The van der Waals surface area contributed by atoms with Gasteiger partial charge in [-0.3, -0.25) is 14.6 Å². The predicted octanol–water partition coefficient (Wildman–Crippen LogP) is 6.48. The molecule has 0 bridgehead atoms. The van der Waals surface area contributed by atoms with Crippen LogP contribution in [-0.2, 0) is 22.6 Å². The number of carbonyl (C=O) groups is 1. The highest BCUT2D eigenvalue weighted by Crippen LogP contribution is 2.41. The molecule has 0 N–H and O–H groups in total. The Morgan fingerprint density at radius 3 is 2.03 bits per heavy atom. The Balaban J connectivity index is 1.72. The minimum absolute atomic E-state index is 0.00789. The predicted molar refractivity (Wildman–Crippen MR) is 146 cm³/mol. The first kappa shape index (κ1) is 26.1. The largest absolute Gasteiger partial charge is 0.459 e. The van der Waals surface area contributed by atoms with Crippen molar-refractivity contribution in [1.29, 1.82) is 0 Å². The summed E-state index contributed by atoms with van der Waals surface area (Å²) in [5, 5.41) is 0. The van der Waals surface area contributed by atoms with Crippen LogP contribution in [0.25, 0.3) is 0 Å². The highest BCUT2D eigenvalue weighted by molar-refractivity contribution is 5.78. The number of esters is 1. The lowest BCUT2D eigenvalue weighted by molar-refractivity contribution is -0.169. The number of ether oxygens (including phenoxy) is 1. The summed E-state index contributed by atoms with van der Waals surface area (Å²) in [6.07, 6.45) is 0. The van der Waals surface area contributed by atoms with Gasteiger partial charge < -0.3 is 4.74 Å². The van der Waals surface area contributed by atoms with Crippen LogP contribution in [0.3, 0.4) is 0 Å². The van der Waals surface area contributed by atoms with Gasteiger partial charge in [0, 0.05) is 38.3 Å². The lowest BCUT2D eigenvalue weighted by Gasteiger charge is -2.42. The van der Waals surface area contributed by atoms with Crippen molar-refractivity contribution >= 4 is 5.97 Å². The van der Waals surface area contributed by atoms with E-state index in [0.29, 0.717) is 6.54 Å². The van der Waals surface area contributed by atoms with E-state index in [4.69, 9.17) is 4.74 Å². The summed E-state index contributed by atoms with van der Waals surface area (Å²) in [5.41, 5.74) is 2.55. The van der Waals surface area contributed by atoms with E-state index in [0.717, 1.165) is 19.6 Å². The molecule has 1 unspecified atom stereocenters. The van der Waals surface area contributed by atoms with Crippen LogP contribution in [0.5, 0.6) is 0 Å². The van der Waals surface area contributed by atoms with Gasteiger partial charge in [0.1, 0.15) is 5.60 Å². The summed E-state index contributed by atoms with van der Waals surface area (Å²) in [6.45, 7) is 13.3. The maximum Gasteiger partial charge on any atom is 0.315 e. The third-order valence-corrected chi connectivity index (χ3v) is 7.22. The van der Waals surface area contributed by atoms with Gasteiger partial charge in [-0.25, -0.2) is 0 Å².